The molecule has 0 saturated carbocycles. The Morgan fingerprint density at radius 1 is 0.429 bits per heavy atom. The molecule has 7 aromatic rings. The van der Waals surface area contributed by atoms with Crippen LogP contribution in [0.3, 0.4) is 0 Å². The fraction of sp³-hybridized carbons (Fsp3) is 0. The number of benzene rings is 6. The highest BCUT2D eigenvalue weighted by Gasteiger charge is 2.39. The summed E-state index contributed by atoms with van der Waals surface area (Å²) in [5.74, 6) is -0.631. The molecule has 42 heavy (non-hydrogen) atoms. The third-order valence-corrected chi connectivity index (χ3v) is 8.13. The molecule has 0 spiro atoms. The van der Waals surface area contributed by atoms with E-state index in [0.29, 0.717) is 22.5 Å². The van der Waals surface area contributed by atoms with Crippen molar-refractivity contribution in [1.82, 2.24) is 4.57 Å². The van der Waals surface area contributed by atoms with Gasteiger partial charge in [0, 0.05) is 10.8 Å². The Labute approximate surface area is 242 Å². The number of amides is 2. The molecule has 2 amide bonds. The second kappa shape index (κ2) is 9.43. The summed E-state index contributed by atoms with van der Waals surface area (Å²) >= 11 is 0. The predicted octanol–water partition coefficient (Wildman–Crippen LogP) is 8.92. The number of nitrogens with zero attached hydrogens (tertiary/aromatic N) is 2. The van der Waals surface area contributed by atoms with Gasteiger partial charge in [0.2, 0.25) is 0 Å². The molecule has 0 N–H and O–H groups in total. The lowest BCUT2D eigenvalue weighted by atomic mass is 10.0. The summed E-state index contributed by atoms with van der Waals surface area (Å²) in [6.07, 6.45) is 0. The molecular formula is C38H24N2O2. The van der Waals surface area contributed by atoms with Crippen LogP contribution in [0.1, 0.15) is 20.7 Å². The van der Waals surface area contributed by atoms with Gasteiger partial charge in [0.15, 0.2) is 0 Å². The molecule has 1 aliphatic rings. The van der Waals surface area contributed by atoms with Crippen molar-refractivity contribution in [2.45, 2.75) is 0 Å². The van der Waals surface area contributed by atoms with E-state index in [2.05, 4.69) is 47.0 Å². The molecule has 6 aromatic carbocycles. The van der Waals surface area contributed by atoms with Crippen LogP contribution in [0.15, 0.2) is 146 Å². The van der Waals surface area contributed by atoms with Crippen LogP contribution in [0.2, 0.25) is 0 Å². The lowest BCUT2D eigenvalue weighted by Crippen LogP contribution is -2.29. The van der Waals surface area contributed by atoms with Crippen molar-refractivity contribution in [3.63, 3.8) is 0 Å². The highest BCUT2D eigenvalue weighted by molar-refractivity contribution is 6.36. The average Bonchev–Trinajstić information content (AvgIpc) is 3.52. The molecular weight excluding hydrogens is 516 g/mol. The highest BCUT2D eigenvalue weighted by atomic mass is 16.2. The molecule has 1 aliphatic heterocycles. The maximum Gasteiger partial charge on any atom is 0.268 e. The van der Waals surface area contributed by atoms with Crippen LogP contribution in [-0.4, -0.2) is 16.4 Å². The molecule has 4 nitrogen and oxygen atoms in total. The Balaban J connectivity index is 1.32. The van der Waals surface area contributed by atoms with Gasteiger partial charge in [-0.05, 0) is 58.7 Å². The van der Waals surface area contributed by atoms with Gasteiger partial charge >= 0.3 is 0 Å². The number of hydrogen-bond donors (Lipinski definition) is 0. The van der Waals surface area contributed by atoms with Crippen molar-refractivity contribution in [2.75, 3.05) is 4.90 Å². The van der Waals surface area contributed by atoms with Gasteiger partial charge in [-0.2, -0.15) is 0 Å². The number of aromatic nitrogens is 1. The Morgan fingerprint density at radius 3 is 1.81 bits per heavy atom. The molecule has 198 valence electrons. The molecule has 8 rings (SSSR count). The minimum Gasteiger partial charge on any atom is -0.308 e. The van der Waals surface area contributed by atoms with Gasteiger partial charge in [-0.3, -0.25) is 9.59 Å². The first-order chi connectivity index (χ1) is 20.7. The molecule has 0 saturated heterocycles. The van der Waals surface area contributed by atoms with Gasteiger partial charge in [0.1, 0.15) is 0 Å². The van der Waals surface area contributed by atoms with Gasteiger partial charge in [-0.15, -0.1) is 0 Å². The maximum absolute atomic E-state index is 14.2. The van der Waals surface area contributed by atoms with E-state index in [1.165, 1.54) is 4.90 Å². The fourth-order valence-corrected chi connectivity index (χ4v) is 6.18. The van der Waals surface area contributed by atoms with Crippen molar-refractivity contribution in [3.05, 3.63) is 157 Å². The average molecular weight is 541 g/mol. The van der Waals surface area contributed by atoms with E-state index in [0.717, 1.165) is 44.1 Å². The first-order valence-corrected chi connectivity index (χ1v) is 14.0. The van der Waals surface area contributed by atoms with Crippen LogP contribution < -0.4 is 4.90 Å². The Bertz CT molecular complexity index is 2180. The second-order valence-corrected chi connectivity index (χ2v) is 10.5. The third kappa shape index (κ3) is 3.62. The topological polar surface area (TPSA) is 42.3 Å². The third-order valence-electron chi connectivity index (χ3n) is 8.13. The summed E-state index contributed by atoms with van der Waals surface area (Å²) in [6, 6.07) is 48.1. The molecule has 0 bridgehead atoms. The predicted molar refractivity (Wildman–Crippen MR) is 169 cm³/mol. The highest BCUT2D eigenvalue weighted by Crippen LogP contribution is 2.39. The fourth-order valence-electron chi connectivity index (χ4n) is 6.18. The number of carbonyl (C=O) groups excluding carboxylic acids is 2. The van der Waals surface area contributed by atoms with Crippen molar-refractivity contribution in [2.24, 2.45) is 0 Å². The van der Waals surface area contributed by atoms with E-state index in [9.17, 15) is 9.59 Å². The lowest BCUT2D eigenvalue weighted by Gasteiger charge is -2.16. The summed E-state index contributed by atoms with van der Waals surface area (Å²) in [5, 5.41) is 2.18. The van der Waals surface area contributed by atoms with Crippen LogP contribution >= 0.6 is 0 Å². The molecule has 4 heteroatoms. The Kier molecular flexibility index (Phi) is 5.41. The molecule has 0 atom stereocenters. The monoisotopic (exact) mass is 540 g/mol. The van der Waals surface area contributed by atoms with Gasteiger partial charge < -0.3 is 4.57 Å². The zero-order valence-electron chi connectivity index (χ0n) is 22.6. The van der Waals surface area contributed by atoms with Crippen LogP contribution in [0.4, 0.5) is 5.69 Å². The van der Waals surface area contributed by atoms with Crippen molar-refractivity contribution >= 4 is 39.3 Å². The van der Waals surface area contributed by atoms with E-state index in [1.807, 2.05) is 97.1 Å². The molecule has 0 fully saturated rings. The van der Waals surface area contributed by atoms with Crippen LogP contribution in [-0.2, 0) is 0 Å². The number of anilines is 1. The minimum atomic E-state index is -0.319. The van der Waals surface area contributed by atoms with E-state index >= 15 is 0 Å². The van der Waals surface area contributed by atoms with Crippen LogP contribution in [0.25, 0.3) is 49.7 Å². The number of fused-ring (bicyclic) bond motifs is 4. The molecule has 2 heterocycles. The van der Waals surface area contributed by atoms with E-state index in [1.54, 1.807) is 6.07 Å². The second-order valence-electron chi connectivity index (χ2n) is 10.5. The summed E-state index contributed by atoms with van der Waals surface area (Å²) in [6.45, 7) is 0. The van der Waals surface area contributed by atoms with Gasteiger partial charge in [0.05, 0.1) is 33.5 Å². The molecule has 0 unspecified atom stereocenters. The zero-order chi connectivity index (χ0) is 28.2. The number of carbonyl (C=O) groups is 2. The normalized spacial score (nSPS) is 12.8. The van der Waals surface area contributed by atoms with E-state index in [4.69, 9.17) is 0 Å². The number of rotatable bonds is 4. The summed E-state index contributed by atoms with van der Waals surface area (Å²) in [7, 11) is 0. The van der Waals surface area contributed by atoms with Gasteiger partial charge in [0.25, 0.3) is 11.8 Å². The Hall–Kier alpha value is -5.74. The first kappa shape index (κ1) is 24.1. The van der Waals surface area contributed by atoms with E-state index < -0.39 is 0 Å². The van der Waals surface area contributed by atoms with Crippen LogP contribution in [0.5, 0.6) is 0 Å². The quantitative estimate of drug-likeness (QED) is 0.209. The summed E-state index contributed by atoms with van der Waals surface area (Å²) in [4.78, 5) is 29.4. The SMILES string of the molecule is O=C1c2cccc(-n3c4ccccc4c4ccc(-c5ccccc5)cc43)c2C(=O)N1c1cccc(-c2ccccc2)c1. The number of imide groups is 1. The maximum atomic E-state index is 14.2. The smallest absolute Gasteiger partial charge is 0.268 e. The lowest BCUT2D eigenvalue weighted by molar-refractivity contribution is 0.0926. The van der Waals surface area contributed by atoms with Gasteiger partial charge in [-0.25, -0.2) is 4.90 Å². The standard InChI is InChI=1S/C38H24N2O2/c41-37-32-18-10-20-34(36(32)38(42)39(37)29-16-9-15-27(23-29)25-11-3-1-4-12-25)40-33-19-8-7-17-30(33)31-22-21-28(24-35(31)40)26-13-5-2-6-14-26/h1-24H. The van der Waals surface area contributed by atoms with Crippen LogP contribution in [0, 0.1) is 0 Å². The van der Waals surface area contributed by atoms with Crippen molar-refractivity contribution in [3.8, 4) is 27.9 Å². The zero-order valence-corrected chi connectivity index (χ0v) is 22.6. The molecule has 0 radical (unpaired) electrons. The number of para-hydroxylation sites is 1. The Morgan fingerprint density at radius 2 is 1.05 bits per heavy atom. The first-order valence-electron chi connectivity index (χ1n) is 14.0. The summed E-state index contributed by atoms with van der Waals surface area (Å²) < 4.78 is 2.13. The van der Waals surface area contributed by atoms with Crippen molar-refractivity contribution < 1.29 is 9.59 Å². The largest absolute Gasteiger partial charge is 0.308 e. The van der Waals surface area contributed by atoms with Crippen molar-refractivity contribution in [1.29, 1.82) is 0 Å². The summed E-state index contributed by atoms with van der Waals surface area (Å²) in [5.41, 5.74) is 8.22. The molecule has 0 aliphatic carbocycles. The molecule has 1 aromatic heterocycles. The number of hydrogen-bond acceptors (Lipinski definition) is 2. The van der Waals surface area contributed by atoms with E-state index in [-0.39, 0.29) is 11.8 Å². The minimum absolute atomic E-state index is 0.312. The van der Waals surface area contributed by atoms with Gasteiger partial charge in [-0.1, -0.05) is 109 Å².